The van der Waals surface area contributed by atoms with E-state index in [2.05, 4.69) is 9.47 Å². The van der Waals surface area contributed by atoms with Gasteiger partial charge in [-0.2, -0.15) is 0 Å². The molecular formula is C20H25N3O3. The Morgan fingerprint density at radius 2 is 1.69 bits per heavy atom. The minimum absolute atomic E-state index is 0.117. The number of methoxy groups -OCH3 is 1. The first-order valence-corrected chi connectivity index (χ1v) is 8.84. The van der Waals surface area contributed by atoms with Crippen LogP contribution in [0.5, 0.6) is 0 Å². The zero-order valence-corrected chi connectivity index (χ0v) is 15.6. The normalized spacial score (nSPS) is 15.1. The van der Waals surface area contributed by atoms with Gasteiger partial charge in [0.05, 0.1) is 13.7 Å². The average molecular weight is 355 g/mol. The second-order valence-corrected chi connectivity index (χ2v) is 6.61. The van der Waals surface area contributed by atoms with Crippen LogP contribution >= 0.6 is 0 Å². The lowest BCUT2D eigenvalue weighted by molar-refractivity contribution is 0.0790. The number of hydrogen-bond acceptors (Lipinski definition) is 4. The number of ether oxygens (including phenoxy) is 1. The van der Waals surface area contributed by atoms with E-state index in [-0.39, 0.29) is 11.9 Å². The topological polar surface area (TPSA) is 54.8 Å². The third-order valence-corrected chi connectivity index (χ3v) is 4.92. The van der Waals surface area contributed by atoms with E-state index in [1.165, 1.54) is 7.11 Å². The Morgan fingerprint density at radius 3 is 2.31 bits per heavy atom. The summed E-state index contributed by atoms with van der Waals surface area (Å²) in [5.41, 5.74) is 3.84. The molecule has 6 nitrogen and oxygen atoms in total. The van der Waals surface area contributed by atoms with Crippen molar-refractivity contribution in [1.29, 1.82) is 0 Å². The molecule has 3 rings (SSSR count). The number of Topliss-reactive ketones (excluding diaryl/α,β-unsaturated/α-hetero) is 1. The van der Waals surface area contributed by atoms with Crippen molar-refractivity contribution >= 4 is 11.9 Å². The lowest BCUT2D eigenvalue weighted by atomic mass is 10.1. The van der Waals surface area contributed by atoms with Crippen LogP contribution < -0.4 is 0 Å². The molecular weight excluding hydrogens is 330 g/mol. The Hall–Kier alpha value is -2.60. The van der Waals surface area contributed by atoms with Crippen molar-refractivity contribution in [2.75, 3.05) is 39.8 Å². The van der Waals surface area contributed by atoms with E-state index >= 15 is 0 Å². The van der Waals surface area contributed by atoms with Crippen molar-refractivity contribution in [3.05, 3.63) is 53.3 Å². The first kappa shape index (κ1) is 18.2. The molecule has 0 N–H and O–H groups in total. The van der Waals surface area contributed by atoms with Crippen LogP contribution in [0, 0.1) is 13.8 Å². The molecule has 138 valence electrons. The molecule has 1 saturated heterocycles. The molecule has 0 atom stereocenters. The van der Waals surface area contributed by atoms with Crippen molar-refractivity contribution in [2.24, 2.45) is 0 Å². The highest BCUT2D eigenvalue weighted by molar-refractivity contribution is 5.99. The summed E-state index contributed by atoms with van der Waals surface area (Å²) >= 11 is 0. The number of hydrogen-bond donors (Lipinski definition) is 0. The zero-order chi connectivity index (χ0) is 18.7. The quantitative estimate of drug-likeness (QED) is 0.791. The summed E-state index contributed by atoms with van der Waals surface area (Å²) < 4.78 is 6.86. The second kappa shape index (κ2) is 7.74. The molecule has 1 amide bonds. The summed E-state index contributed by atoms with van der Waals surface area (Å²) in [6.07, 6.45) is -0.303. The van der Waals surface area contributed by atoms with Crippen LogP contribution in [0.1, 0.15) is 21.7 Å². The Kier molecular flexibility index (Phi) is 5.42. The van der Waals surface area contributed by atoms with Gasteiger partial charge in [0.2, 0.25) is 0 Å². The van der Waals surface area contributed by atoms with Gasteiger partial charge in [0, 0.05) is 48.8 Å². The first-order valence-electron chi connectivity index (χ1n) is 8.84. The molecule has 1 aliphatic rings. The summed E-state index contributed by atoms with van der Waals surface area (Å²) in [5, 5.41) is 0. The van der Waals surface area contributed by atoms with Crippen LogP contribution in [-0.4, -0.2) is 66.1 Å². The summed E-state index contributed by atoms with van der Waals surface area (Å²) in [4.78, 5) is 28.2. The number of carbonyl (C=O) groups is 2. The number of rotatable bonds is 4. The van der Waals surface area contributed by atoms with E-state index in [0.29, 0.717) is 32.7 Å². The molecule has 1 aliphatic heterocycles. The molecule has 2 heterocycles. The smallest absolute Gasteiger partial charge is 0.409 e. The van der Waals surface area contributed by atoms with Crippen LogP contribution in [-0.2, 0) is 4.74 Å². The summed E-state index contributed by atoms with van der Waals surface area (Å²) in [6.45, 7) is 6.91. The highest BCUT2D eigenvalue weighted by Gasteiger charge is 2.24. The third-order valence-electron chi connectivity index (χ3n) is 4.92. The first-order chi connectivity index (χ1) is 12.5. The van der Waals surface area contributed by atoms with Gasteiger partial charge < -0.3 is 14.2 Å². The summed E-state index contributed by atoms with van der Waals surface area (Å²) in [6, 6.07) is 12.0. The SMILES string of the molecule is COC(=O)N1CCN(CC(=O)c2cc(C)n(-c3ccccc3)c2C)CC1. The third kappa shape index (κ3) is 3.65. The lowest BCUT2D eigenvalue weighted by Gasteiger charge is -2.33. The van der Waals surface area contributed by atoms with E-state index in [1.54, 1.807) is 4.90 Å². The molecule has 1 aromatic carbocycles. The van der Waals surface area contributed by atoms with E-state index in [0.717, 1.165) is 22.6 Å². The molecule has 1 fully saturated rings. The van der Waals surface area contributed by atoms with Crippen molar-refractivity contribution < 1.29 is 14.3 Å². The number of piperazine rings is 1. The van der Waals surface area contributed by atoms with E-state index in [1.807, 2.05) is 50.2 Å². The van der Waals surface area contributed by atoms with Crippen LogP contribution in [0.15, 0.2) is 36.4 Å². The maximum atomic E-state index is 12.8. The van der Waals surface area contributed by atoms with E-state index in [9.17, 15) is 9.59 Å². The number of aryl methyl sites for hydroxylation is 1. The van der Waals surface area contributed by atoms with Gasteiger partial charge in [-0.1, -0.05) is 18.2 Å². The van der Waals surface area contributed by atoms with Gasteiger partial charge >= 0.3 is 6.09 Å². The highest BCUT2D eigenvalue weighted by Crippen LogP contribution is 2.21. The van der Waals surface area contributed by atoms with Gasteiger partial charge in [-0.15, -0.1) is 0 Å². The Bertz CT molecular complexity index is 790. The molecule has 2 aromatic rings. The maximum Gasteiger partial charge on any atom is 0.409 e. The van der Waals surface area contributed by atoms with Crippen LogP contribution in [0.3, 0.4) is 0 Å². The number of nitrogens with zero attached hydrogens (tertiary/aromatic N) is 3. The molecule has 0 unspecified atom stereocenters. The predicted octanol–water partition coefficient (Wildman–Crippen LogP) is 2.66. The molecule has 0 radical (unpaired) electrons. The largest absolute Gasteiger partial charge is 0.453 e. The highest BCUT2D eigenvalue weighted by atomic mass is 16.5. The van der Waals surface area contributed by atoms with Gasteiger partial charge in [0.15, 0.2) is 5.78 Å². The number of ketones is 1. The minimum atomic E-state index is -0.303. The molecule has 0 saturated carbocycles. The Balaban J connectivity index is 1.69. The monoisotopic (exact) mass is 355 g/mol. The average Bonchev–Trinajstić information content (AvgIpc) is 2.96. The fraction of sp³-hybridized carbons (Fsp3) is 0.400. The van der Waals surface area contributed by atoms with Gasteiger partial charge in [-0.05, 0) is 32.0 Å². The number of para-hydroxylation sites is 1. The fourth-order valence-corrected chi connectivity index (χ4v) is 3.53. The minimum Gasteiger partial charge on any atom is -0.453 e. The zero-order valence-electron chi connectivity index (χ0n) is 15.6. The summed E-state index contributed by atoms with van der Waals surface area (Å²) in [7, 11) is 1.39. The number of benzene rings is 1. The maximum absolute atomic E-state index is 12.8. The number of carbonyl (C=O) groups excluding carboxylic acids is 2. The van der Waals surface area contributed by atoms with Crippen LogP contribution in [0.25, 0.3) is 5.69 Å². The Labute approximate surface area is 154 Å². The molecule has 0 aliphatic carbocycles. The predicted molar refractivity (Wildman–Crippen MR) is 100.0 cm³/mol. The summed E-state index contributed by atoms with van der Waals surface area (Å²) in [5.74, 6) is 0.117. The van der Waals surface area contributed by atoms with E-state index in [4.69, 9.17) is 4.74 Å². The van der Waals surface area contributed by atoms with Gasteiger partial charge in [0.1, 0.15) is 0 Å². The molecule has 6 heteroatoms. The van der Waals surface area contributed by atoms with Gasteiger partial charge in [-0.3, -0.25) is 9.69 Å². The van der Waals surface area contributed by atoms with Gasteiger partial charge in [0.25, 0.3) is 0 Å². The Morgan fingerprint density at radius 1 is 1.04 bits per heavy atom. The van der Waals surface area contributed by atoms with E-state index < -0.39 is 0 Å². The van der Waals surface area contributed by atoms with Crippen molar-refractivity contribution in [3.8, 4) is 5.69 Å². The molecule has 0 bridgehead atoms. The number of amides is 1. The van der Waals surface area contributed by atoms with Crippen molar-refractivity contribution in [2.45, 2.75) is 13.8 Å². The standard InChI is InChI=1S/C20H25N3O3/c1-15-13-18(16(2)23(15)17-7-5-4-6-8-17)19(24)14-21-9-11-22(12-10-21)20(25)26-3/h4-8,13H,9-12,14H2,1-3H3. The second-order valence-electron chi connectivity index (χ2n) is 6.61. The van der Waals surface area contributed by atoms with Crippen LogP contribution in [0.2, 0.25) is 0 Å². The molecule has 0 spiro atoms. The van der Waals surface area contributed by atoms with Gasteiger partial charge in [-0.25, -0.2) is 4.79 Å². The molecule has 1 aromatic heterocycles. The lowest BCUT2D eigenvalue weighted by Crippen LogP contribution is -2.49. The van der Waals surface area contributed by atoms with Crippen molar-refractivity contribution in [1.82, 2.24) is 14.4 Å². The molecule has 26 heavy (non-hydrogen) atoms. The van der Waals surface area contributed by atoms with Crippen molar-refractivity contribution in [3.63, 3.8) is 0 Å². The number of aromatic nitrogens is 1. The fourth-order valence-electron chi connectivity index (χ4n) is 3.53. The van der Waals surface area contributed by atoms with Crippen LogP contribution in [0.4, 0.5) is 4.79 Å².